The number of rotatable bonds is 12. The Kier molecular flexibility index (Phi) is 9.75. The number of anilines is 2. The first kappa shape index (κ1) is 27.8. The number of aromatic nitrogens is 2. The van der Waals surface area contributed by atoms with Crippen LogP contribution in [0, 0.1) is 0 Å². The molecule has 0 aliphatic carbocycles. The maximum Gasteiger partial charge on any atom is 0.344 e. The lowest BCUT2D eigenvalue weighted by atomic mass is 10.2. The molecule has 0 spiro atoms. The van der Waals surface area contributed by atoms with Crippen molar-refractivity contribution in [1.82, 2.24) is 19.8 Å². The summed E-state index contributed by atoms with van der Waals surface area (Å²) in [6.45, 7) is 4.90. The highest BCUT2D eigenvalue weighted by Crippen LogP contribution is 2.46. The molecule has 0 bridgehead atoms. The summed E-state index contributed by atoms with van der Waals surface area (Å²) < 4.78 is 35.2. The van der Waals surface area contributed by atoms with Gasteiger partial charge in [0.1, 0.15) is 18.4 Å². The van der Waals surface area contributed by atoms with Crippen LogP contribution in [-0.2, 0) is 13.6 Å². The number of hydrogen-bond donors (Lipinski definition) is 1. The monoisotopic (exact) mass is 593 g/mol. The molecule has 1 aliphatic rings. The third-order valence-corrected chi connectivity index (χ3v) is 8.63. The number of fused-ring (bicyclic) bond motifs is 1. The largest absolute Gasteiger partial charge is 0.493 e. The first-order chi connectivity index (χ1) is 17.9. The van der Waals surface area contributed by atoms with Gasteiger partial charge in [-0.25, -0.2) is 9.97 Å². The van der Waals surface area contributed by atoms with Crippen LogP contribution in [0.3, 0.4) is 0 Å². The molecule has 3 aromatic rings. The molecular formula is C25H33BrN5O5P. The molecule has 12 heteroatoms. The molecule has 1 aliphatic heterocycles. The van der Waals surface area contributed by atoms with E-state index in [2.05, 4.69) is 41.0 Å². The molecule has 0 amide bonds. The predicted molar refractivity (Wildman–Crippen MR) is 148 cm³/mol. The van der Waals surface area contributed by atoms with Crippen LogP contribution in [0.25, 0.3) is 10.9 Å². The van der Waals surface area contributed by atoms with Gasteiger partial charge >= 0.3 is 7.60 Å². The molecule has 1 aromatic heterocycles. The van der Waals surface area contributed by atoms with E-state index in [1.165, 1.54) is 20.5 Å². The number of nitrogens with one attached hydrogen (secondary N) is 1. The van der Waals surface area contributed by atoms with Gasteiger partial charge in [-0.3, -0.25) is 9.46 Å². The first-order valence-corrected chi connectivity index (χ1v) is 14.6. The number of methoxy groups -OCH3 is 1. The zero-order valence-electron chi connectivity index (χ0n) is 21.4. The lowest BCUT2D eigenvalue weighted by Crippen LogP contribution is -2.46. The first-order valence-electron chi connectivity index (χ1n) is 12.1. The number of benzene rings is 2. The molecule has 0 radical (unpaired) electrons. The highest BCUT2D eigenvalue weighted by Gasteiger charge is 2.27. The molecule has 10 nitrogen and oxygen atoms in total. The summed E-state index contributed by atoms with van der Waals surface area (Å²) in [7, 11) is 1.46. The topological polar surface area (TPSA) is 98.3 Å². The van der Waals surface area contributed by atoms with Gasteiger partial charge in [0.15, 0.2) is 11.5 Å². The van der Waals surface area contributed by atoms with Gasteiger partial charge < -0.3 is 28.7 Å². The number of nitrogens with zero attached hydrogens (tertiary/aromatic N) is 4. The average molecular weight is 594 g/mol. The Morgan fingerprint density at radius 2 is 1.76 bits per heavy atom. The molecule has 1 saturated heterocycles. The number of halogens is 1. The van der Waals surface area contributed by atoms with E-state index in [0.717, 1.165) is 60.2 Å². The van der Waals surface area contributed by atoms with Gasteiger partial charge in [0.05, 0.1) is 19.2 Å². The lowest BCUT2D eigenvalue weighted by molar-refractivity contribution is 0.130. The van der Waals surface area contributed by atoms with E-state index in [0.29, 0.717) is 30.2 Å². The quantitative estimate of drug-likeness (QED) is 0.229. The van der Waals surface area contributed by atoms with Crippen LogP contribution in [0.4, 0.5) is 11.5 Å². The van der Waals surface area contributed by atoms with Gasteiger partial charge in [0.2, 0.25) is 0 Å². The summed E-state index contributed by atoms with van der Waals surface area (Å²) >= 11 is 3.50. The fourth-order valence-corrected chi connectivity index (χ4v) is 5.75. The van der Waals surface area contributed by atoms with Gasteiger partial charge in [0.25, 0.3) is 0 Å². The summed E-state index contributed by atoms with van der Waals surface area (Å²) in [6.07, 6.45) is 2.72. The summed E-state index contributed by atoms with van der Waals surface area (Å²) in [5, 5.41) is 4.21. The van der Waals surface area contributed by atoms with Crippen molar-refractivity contribution in [3.63, 3.8) is 0 Å². The summed E-state index contributed by atoms with van der Waals surface area (Å²) in [6, 6.07) is 11.7. The van der Waals surface area contributed by atoms with E-state index >= 15 is 0 Å². The molecule has 2 aromatic carbocycles. The minimum absolute atomic E-state index is 0.320. The molecule has 2 heterocycles. The van der Waals surface area contributed by atoms with Crippen LogP contribution in [-0.4, -0.2) is 86.7 Å². The van der Waals surface area contributed by atoms with E-state index in [9.17, 15) is 4.57 Å². The standard InChI is InChI=1S/C25H33BrN5O5P/c1-33-23-16-22-21(25(28-17-27-22)29-20-7-4-6-19(26)14-20)15-24(23)36-13-5-8-30-9-11-31(12-10-30)18-37(32,34-2)35-3/h4,6-7,14-17H,5,8-13,18H2,1-3H3,(H,27,28,29). The van der Waals surface area contributed by atoms with Crippen molar-refractivity contribution >= 4 is 45.9 Å². The van der Waals surface area contributed by atoms with Crippen LogP contribution in [0.5, 0.6) is 11.5 Å². The Morgan fingerprint density at radius 1 is 1.00 bits per heavy atom. The van der Waals surface area contributed by atoms with Crippen molar-refractivity contribution in [2.45, 2.75) is 6.42 Å². The van der Waals surface area contributed by atoms with E-state index in [4.69, 9.17) is 18.5 Å². The Morgan fingerprint density at radius 3 is 2.46 bits per heavy atom. The van der Waals surface area contributed by atoms with Crippen molar-refractivity contribution in [2.24, 2.45) is 0 Å². The fourth-order valence-electron chi connectivity index (χ4n) is 4.20. The highest BCUT2D eigenvalue weighted by molar-refractivity contribution is 9.10. The van der Waals surface area contributed by atoms with Crippen LogP contribution >= 0.6 is 23.5 Å². The van der Waals surface area contributed by atoms with Gasteiger partial charge in [-0.05, 0) is 30.7 Å². The van der Waals surface area contributed by atoms with Crippen molar-refractivity contribution in [2.75, 3.05) is 72.3 Å². The second kappa shape index (κ2) is 13.0. The normalized spacial score (nSPS) is 15.1. The molecule has 200 valence electrons. The van der Waals surface area contributed by atoms with Crippen molar-refractivity contribution in [1.29, 1.82) is 0 Å². The van der Waals surface area contributed by atoms with Crippen LogP contribution < -0.4 is 14.8 Å². The molecular weight excluding hydrogens is 561 g/mol. The van der Waals surface area contributed by atoms with Crippen LogP contribution in [0.15, 0.2) is 47.2 Å². The van der Waals surface area contributed by atoms with Crippen molar-refractivity contribution in [3.8, 4) is 11.5 Å². The van der Waals surface area contributed by atoms with Gasteiger partial charge in [-0.15, -0.1) is 0 Å². The molecule has 0 unspecified atom stereocenters. The second-order valence-electron chi connectivity index (χ2n) is 8.66. The Hall–Kier alpha value is -2.27. The van der Waals surface area contributed by atoms with E-state index in [1.54, 1.807) is 7.11 Å². The second-order valence-corrected chi connectivity index (χ2v) is 11.8. The minimum Gasteiger partial charge on any atom is -0.493 e. The van der Waals surface area contributed by atoms with Gasteiger partial charge in [0, 0.05) is 68.6 Å². The number of ether oxygens (including phenoxy) is 2. The van der Waals surface area contributed by atoms with Gasteiger partial charge in [-0.1, -0.05) is 22.0 Å². The summed E-state index contributed by atoms with van der Waals surface area (Å²) in [5.74, 6) is 1.98. The third-order valence-electron chi connectivity index (χ3n) is 6.28. The highest BCUT2D eigenvalue weighted by atomic mass is 79.9. The Labute approximate surface area is 225 Å². The number of hydrogen-bond acceptors (Lipinski definition) is 10. The fraction of sp³-hybridized carbons (Fsp3) is 0.440. The number of piperazine rings is 1. The van der Waals surface area contributed by atoms with Gasteiger partial charge in [-0.2, -0.15) is 0 Å². The zero-order chi connectivity index (χ0) is 26.3. The molecule has 1 fully saturated rings. The average Bonchev–Trinajstić information content (AvgIpc) is 2.91. The van der Waals surface area contributed by atoms with E-state index < -0.39 is 7.60 Å². The minimum atomic E-state index is -3.02. The SMILES string of the molecule is COc1cc2ncnc(Nc3cccc(Br)c3)c2cc1OCCCN1CCN(CP(=O)(OC)OC)CC1. The Bertz CT molecular complexity index is 1230. The van der Waals surface area contributed by atoms with Crippen molar-refractivity contribution < 1.29 is 23.1 Å². The molecule has 1 N–H and O–H groups in total. The van der Waals surface area contributed by atoms with E-state index in [1.807, 2.05) is 36.4 Å². The van der Waals surface area contributed by atoms with Crippen LogP contribution in [0.1, 0.15) is 6.42 Å². The van der Waals surface area contributed by atoms with Crippen LogP contribution in [0.2, 0.25) is 0 Å². The Balaban J connectivity index is 1.33. The molecule has 0 atom stereocenters. The third kappa shape index (κ3) is 7.40. The summed E-state index contributed by atoms with van der Waals surface area (Å²) in [5.41, 5.74) is 1.68. The van der Waals surface area contributed by atoms with E-state index in [-0.39, 0.29) is 0 Å². The molecule has 0 saturated carbocycles. The van der Waals surface area contributed by atoms with Crippen molar-refractivity contribution in [3.05, 3.63) is 47.2 Å². The maximum absolute atomic E-state index is 12.4. The maximum atomic E-state index is 12.4. The summed E-state index contributed by atoms with van der Waals surface area (Å²) in [4.78, 5) is 13.4. The zero-order valence-corrected chi connectivity index (χ0v) is 23.8. The predicted octanol–water partition coefficient (Wildman–Crippen LogP) is 4.97. The smallest absolute Gasteiger partial charge is 0.344 e. The molecule has 37 heavy (non-hydrogen) atoms. The molecule has 4 rings (SSSR count). The lowest BCUT2D eigenvalue weighted by Gasteiger charge is -2.35.